The van der Waals surface area contributed by atoms with Crippen molar-refractivity contribution in [2.24, 2.45) is 0 Å². The highest BCUT2D eigenvalue weighted by Crippen LogP contribution is 2.28. The summed E-state index contributed by atoms with van der Waals surface area (Å²) in [5.74, 6) is -0.0599. The number of fused-ring (bicyclic) bond motifs is 1. The molecule has 4 nitrogen and oxygen atoms in total. The smallest absolute Gasteiger partial charge is 0.320 e. The normalized spacial score (nSPS) is 12.6. The molecule has 0 aliphatic rings. The molecule has 0 aliphatic heterocycles. The summed E-state index contributed by atoms with van der Waals surface area (Å²) >= 11 is 0. The zero-order chi connectivity index (χ0) is 15.4. The Morgan fingerprint density at radius 2 is 1.90 bits per heavy atom. The number of hydrogen-bond donors (Lipinski definition) is 2. The molecule has 0 bridgehead atoms. The lowest BCUT2D eigenvalue weighted by atomic mass is 10.0. The molecular formula is C17H21NO3. The highest BCUT2D eigenvalue weighted by atomic mass is 16.5. The summed E-state index contributed by atoms with van der Waals surface area (Å²) in [6.45, 7) is 6.05. The van der Waals surface area contributed by atoms with Crippen LogP contribution in [-0.4, -0.2) is 23.2 Å². The minimum Gasteiger partial charge on any atom is -0.491 e. The molecule has 112 valence electrons. The third kappa shape index (κ3) is 3.73. The fourth-order valence-corrected chi connectivity index (χ4v) is 2.21. The van der Waals surface area contributed by atoms with Gasteiger partial charge in [-0.25, -0.2) is 0 Å². The first-order valence-corrected chi connectivity index (χ1v) is 7.12. The molecule has 2 rings (SSSR count). The second kappa shape index (κ2) is 6.59. The van der Waals surface area contributed by atoms with Crippen LogP contribution in [0.25, 0.3) is 10.8 Å². The minimum atomic E-state index is -0.860. The number of rotatable bonds is 6. The molecule has 1 atom stereocenters. The highest BCUT2D eigenvalue weighted by molar-refractivity contribution is 5.87. The molecule has 0 fully saturated rings. The Balaban J connectivity index is 2.38. The van der Waals surface area contributed by atoms with Crippen molar-refractivity contribution in [1.82, 2.24) is 5.32 Å². The van der Waals surface area contributed by atoms with Gasteiger partial charge in [0.05, 0.1) is 6.10 Å². The highest BCUT2D eigenvalue weighted by Gasteiger charge is 2.14. The largest absolute Gasteiger partial charge is 0.491 e. The van der Waals surface area contributed by atoms with Crippen molar-refractivity contribution < 1.29 is 14.6 Å². The van der Waals surface area contributed by atoms with Gasteiger partial charge in [-0.1, -0.05) is 30.3 Å². The molecule has 2 aromatic rings. The van der Waals surface area contributed by atoms with Gasteiger partial charge in [-0.05, 0) is 37.6 Å². The van der Waals surface area contributed by atoms with E-state index < -0.39 is 12.0 Å². The fraction of sp³-hybridized carbons (Fsp3) is 0.353. The Hall–Kier alpha value is -2.07. The van der Waals surface area contributed by atoms with Crippen LogP contribution in [0.15, 0.2) is 36.4 Å². The SMILES string of the molecule is CC(C)Oc1ccc2ccccc2c1CN[C@H](C)C(=O)O. The van der Waals surface area contributed by atoms with Crippen molar-refractivity contribution in [3.8, 4) is 5.75 Å². The predicted molar refractivity (Wildman–Crippen MR) is 83.6 cm³/mol. The topological polar surface area (TPSA) is 58.6 Å². The van der Waals surface area contributed by atoms with E-state index >= 15 is 0 Å². The van der Waals surface area contributed by atoms with Gasteiger partial charge in [0.25, 0.3) is 0 Å². The van der Waals surface area contributed by atoms with Crippen LogP contribution in [0.5, 0.6) is 5.75 Å². The van der Waals surface area contributed by atoms with E-state index in [1.54, 1.807) is 6.92 Å². The first-order valence-electron chi connectivity index (χ1n) is 7.12. The number of carboxylic acids is 1. The van der Waals surface area contributed by atoms with Gasteiger partial charge in [0.15, 0.2) is 0 Å². The van der Waals surface area contributed by atoms with Gasteiger partial charge < -0.3 is 15.2 Å². The first-order chi connectivity index (χ1) is 9.99. The van der Waals surface area contributed by atoms with E-state index in [0.717, 1.165) is 22.1 Å². The van der Waals surface area contributed by atoms with Crippen LogP contribution in [-0.2, 0) is 11.3 Å². The Morgan fingerprint density at radius 1 is 1.19 bits per heavy atom. The summed E-state index contributed by atoms with van der Waals surface area (Å²) < 4.78 is 5.86. The third-order valence-electron chi connectivity index (χ3n) is 3.32. The maximum Gasteiger partial charge on any atom is 0.320 e. The molecule has 0 radical (unpaired) electrons. The monoisotopic (exact) mass is 287 g/mol. The van der Waals surface area contributed by atoms with Gasteiger partial charge >= 0.3 is 5.97 Å². The standard InChI is InChI=1S/C17H21NO3/c1-11(2)21-16-9-8-13-6-4-5-7-14(13)15(16)10-18-12(3)17(19)20/h4-9,11-12,18H,10H2,1-3H3,(H,19,20)/t12-/m1/s1. The van der Waals surface area contributed by atoms with Gasteiger partial charge in [-0.2, -0.15) is 0 Å². The van der Waals surface area contributed by atoms with Crippen LogP contribution in [0.1, 0.15) is 26.3 Å². The van der Waals surface area contributed by atoms with E-state index in [4.69, 9.17) is 9.84 Å². The van der Waals surface area contributed by atoms with E-state index in [1.807, 2.05) is 50.2 Å². The molecule has 0 heterocycles. The molecule has 0 aliphatic carbocycles. The summed E-state index contributed by atoms with van der Waals surface area (Å²) in [4.78, 5) is 11.0. The van der Waals surface area contributed by atoms with E-state index in [1.165, 1.54) is 0 Å². The summed E-state index contributed by atoms with van der Waals surface area (Å²) in [5, 5.41) is 14.2. The van der Waals surface area contributed by atoms with E-state index in [-0.39, 0.29) is 6.10 Å². The number of carboxylic acid groups (broad SMARTS) is 1. The molecule has 0 amide bonds. The van der Waals surface area contributed by atoms with Crippen molar-refractivity contribution in [1.29, 1.82) is 0 Å². The summed E-state index contributed by atoms with van der Waals surface area (Å²) in [5.41, 5.74) is 0.995. The minimum absolute atomic E-state index is 0.0711. The van der Waals surface area contributed by atoms with E-state index in [9.17, 15) is 4.79 Å². The molecule has 21 heavy (non-hydrogen) atoms. The van der Waals surface area contributed by atoms with Crippen LogP contribution in [0.4, 0.5) is 0 Å². The van der Waals surface area contributed by atoms with Gasteiger partial charge in [-0.3, -0.25) is 4.79 Å². The number of nitrogens with one attached hydrogen (secondary N) is 1. The van der Waals surface area contributed by atoms with E-state index in [0.29, 0.717) is 6.54 Å². The molecule has 0 saturated heterocycles. The van der Waals surface area contributed by atoms with Crippen LogP contribution in [0.2, 0.25) is 0 Å². The van der Waals surface area contributed by atoms with Gasteiger partial charge in [0.1, 0.15) is 11.8 Å². The first kappa shape index (κ1) is 15.3. The lowest BCUT2D eigenvalue weighted by molar-refractivity contribution is -0.139. The number of aliphatic carboxylic acids is 1. The number of hydrogen-bond acceptors (Lipinski definition) is 3. The Labute approximate surface area is 124 Å². The second-order valence-electron chi connectivity index (χ2n) is 5.37. The number of carbonyl (C=O) groups is 1. The van der Waals surface area contributed by atoms with Crippen molar-refractivity contribution in [2.75, 3.05) is 0 Å². The zero-order valence-electron chi connectivity index (χ0n) is 12.6. The molecule has 0 spiro atoms. The molecule has 2 aromatic carbocycles. The molecule has 0 saturated carbocycles. The number of benzene rings is 2. The van der Waals surface area contributed by atoms with Crippen molar-refractivity contribution in [3.05, 3.63) is 42.0 Å². The number of ether oxygens (including phenoxy) is 1. The summed E-state index contributed by atoms with van der Waals surface area (Å²) in [6.07, 6.45) is 0.0711. The van der Waals surface area contributed by atoms with Crippen LogP contribution < -0.4 is 10.1 Å². The predicted octanol–water partition coefficient (Wildman–Crippen LogP) is 3.19. The zero-order valence-corrected chi connectivity index (χ0v) is 12.6. The van der Waals surface area contributed by atoms with E-state index in [2.05, 4.69) is 5.32 Å². The van der Waals surface area contributed by atoms with Crippen molar-refractivity contribution in [3.63, 3.8) is 0 Å². The molecular weight excluding hydrogens is 266 g/mol. The van der Waals surface area contributed by atoms with Crippen LogP contribution in [0, 0.1) is 0 Å². The Morgan fingerprint density at radius 3 is 2.57 bits per heavy atom. The molecule has 0 aromatic heterocycles. The summed E-state index contributed by atoms with van der Waals surface area (Å²) in [7, 11) is 0. The average molecular weight is 287 g/mol. The van der Waals surface area contributed by atoms with Crippen LogP contribution >= 0.6 is 0 Å². The maximum atomic E-state index is 11.0. The van der Waals surface area contributed by atoms with Crippen molar-refractivity contribution in [2.45, 2.75) is 39.5 Å². The van der Waals surface area contributed by atoms with Gasteiger partial charge in [0.2, 0.25) is 0 Å². The quantitative estimate of drug-likeness (QED) is 0.856. The Kier molecular flexibility index (Phi) is 4.81. The fourth-order valence-electron chi connectivity index (χ4n) is 2.21. The second-order valence-corrected chi connectivity index (χ2v) is 5.37. The maximum absolute atomic E-state index is 11.0. The molecule has 2 N–H and O–H groups in total. The van der Waals surface area contributed by atoms with Gasteiger partial charge in [-0.15, -0.1) is 0 Å². The van der Waals surface area contributed by atoms with Gasteiger partial charge in [0, 0.05) is 12.1 Å². The lowest BCUT2D eigenvalue weighted by Gasteiger charge is -2.18. The Bertz CT molecular complexity index is 637. The summed E-state index contributed by atoms with van der Waals surface area (Å²) in [6, 6.07) is 11.4. The average Bonchev–Trinajstić information content (AvgIpc) is 2.45. The molecule has 4 heteroatoms. The molecule has 0 unspecified atom stereocenters. The van der Waals surface area contributed by atoms with Crippen molar-refractivity contribution >= 4 is 16.7 Å². The lowest BCUT2D eigenvalue weighted by Crippen LogP contribution is -2.33. The third-order valence-corrected chi connectivity index (χ3v) is 3.32. The van der Waals surface area contributed by atoms with Crippen LogP contribution in [0.3, 0.4) is 0 Å².